The highest BCUT2D eigenvalue weighted by molar-refractivity contribution is 6.27. The summed E-state index contributed by atoms with van der Waals surface area (Å²) in [5.74, 6) is -0.509. The van der Waals surface area contributed by atoms with Gasteiger partial charge in [0, 0.05) is 30.2 Å². The van der Waals surface area contributed by atoms with E-state index in [9.17, 15) is 4.79 Å². The minimum Gasteiger partial charge on any atom is -0.497 e. The highest BCUT2D eigenvalue weighted by Crippen LogP contribution is 2.38. The van der Waals surface area contributed by atoms with Crippen LogP contribution in [0.4, 0.5) is 0 Å². The number of carboxylic acids is 2. The molecule has 2 N–H and O–H groups in total. The average molecular weight is 548 g/mol. The predicted octanol–water partition coefficient (Wildman–Crippen LogP) is 4.24. The van der Waals surface area contributed by atoms with E-state index >= 15 is 0 Å². The molecule has 0 aliphatic heterocycles. The van der Waals surface area contributed by atoms with Gasteiger partial charge in [0.2, 0.25) is 0 Å². The molecule has 0 saturated carbocycles. The minimum atomic E-state index is -1.82. The molecule has 0 radical (unpaired) electrons. The largest absolute Gasteiger partial charge is 0.497 e. The summed E-state index contributed by atoms with van der Waals surface area (Å²) in [5.41, 5.74) is 3.26. The molecule has 1 atom stereocenters. The molecule has 0 aromatic heterocycles. The Balaban J connectivity index is 0.00000113. The number of ether oxygens (including phenoxy) is 4. The van der Waals surface area contributed by atoms with E-state index in [1.807, 2.05) is 30.3 Å². The molecular weight excluding hydrogens is 506 g/mol. The molecule has 2 aromatic rings. The van der Waals surface area contributed by atoms with Crippen molar-refractivity contribution in [3.63, 3.8) is 0 Å². The predicted molar refractivity (Wildman–Crippen MR) is 148 cm³/mol. The molecule has 0 bridgehead atoms. The number of hydrogen-bond donors (Lipinski definition) is 2. The highest BCUT2D eigenvalue weighted by atomic mass is 16.5. The van der Waals surface area contributed by atoms with Crippen LogP contribution in [0.5, 0.6) is 23.0 Å². The summed E-state index contributed by atoms with van der Waals surface area (Å²) in [5, 5.41) is 14.8. The Morgan fingerprint density at radius 1 is 0.846 bits per heavy atom. The number of nitrogens with zero attached hydrogens (tertiary/aromatic N) is 1. The first kappa shape index (κ1) is 33.2. The van der Waals surface area contributed by atoms with Gasteiger partial charge in [-0.25, -0.2) is 9.59 Å². The molecule has 0 aliphatic carbocycles. The Bertz CT molecular complexity index is 1050. The van der Waals surface area contributed by atoms with Gasteiger partial charge >= 0.3 is 11.9 Å². The zero-order valence-corrected chi connectivity index (χ0v) is 23.9. The summed E-state index contributed by atoms with van der Waals surface area (Å²) in [6.07, 6.45) is 3.64. The summed E-state index contributed by atoms with van der Waals surface area (Å²) in [6, 6.07) is 9.84. The lowest BCUT2D eigenvalue weighted by Gasteiger charge is -2.23. The topological polar surface area (TPSA) is 132 Å². The van der Waals surface area contributed by atoms with Crippen molar-refractivity contribution in [1.82, 2.24) is 4.90 Å². The third kappa shape index (κ3) is 10.8. The Hall–Kier alpha value is -3.79. The molecule has 0 aliphatic rings. The van der Waals surface area contributed by atoms with Crippen LogP contribution in [0.25, 0.3) is 0 Å². The molecule has 0 heterocycles. The SMILES string of the molecule is COc1cc(CCN(C)CCCC(C=O)c2cc(OC)cc(OC)c2C(C)C)cc(OC)c1.O=C(O)C(=O)O. The van der Waals surface area contributed by atoms with E-state index < -0.39 is 11.9 Å². The van der Waals surface area contributed by atoms with Gasteiger partial charge in [0.25, 0.3) is 0 Å². The number of hydrogen-bond acceptors (Lipinski definition) is 8. The van der Waals surface area contributed by atoms with E-state index in [-0.39, 0.29) is 11.8 Å². The zero-order chi connectivity index (χ0) is 29.5. The van der Waals surface area contributed by atoms with Gasteiger partial charge in [0.15, 0.2) is 0 Å². The summed E-state index contributed by atoms with van der Waals surface area (Å²) < 4.78 is 21.8. The fourth-order valence-corrected chi connectivity index (χ4v) is 4.15. The maximum Gasteiger partial charge on any atom is 0.414 e. The van der Waals surface area contributed by atoms with E-state index in [1.165, 1.54) is 5.56 Å². The van der Waals surface area contributed by atoms with Crippen molar-refractivity contribution in [2.45, 2.75) is 44.9 Å². The van der Waals surface area contributed by atoms with Crippen molar-refractivity contribution in [2.75, 3.05) is 48.6 Å². The fraction of sp³-hybridized carbons (Fsp3) is 0.483. The number of benzene rings is 2. The van der Waals surface area contributed by atoms with Gasteiger partial charge in [-0.2, -0.15) is 0 Å². The minimum absolute atomic E-state index is 0.192. The Morgan fingerprint density at radius 3 is 1.82 bits per heavy atom. The van der Waals surface area contributed by atoms with Crippen LogP contribution in [-0.4, -0.2) is 81.9 Å². The molecule has 2 aromatic carbocycles. The molecule has 216 valence electrons. The molecule has 39 heavy (non-hydrogen) atoms. The molecular formula is C29H41NO9. The maximum atomic E-state index is 12.1. The van der Waals surface area contributed by atoms with Gasteiger partial charge in [0.05, 0.1) is 28.4 Å². The second kappa shape index (κ2) is 16.9. The number of carboxylic acid groups (broad SMARTS) is 2. The first-order valence-corrected chi connectivity index (χ1v) is 12.6. The maximum absolute atomic E-state index is 12.1. The third-order valence-electron chi connectivity index (χ3n) is 6.18. The summed E-state index contributed by atoms with van der Waals surface area (Å²) in [4.78, 5) is 32.6. The van der Waals surface area contributed by atoms with Crippen LogP contribution < -0.4 is 18.9 Å². The lowest BCUT2D eigenvalue weighted by molar-refractivity contribution is -0.159. The van der Waals surface area contributed by atoms with Crippen molar-refractivity contribution >= 4 is 18.2 Å². The molecule has 0 amide bonds. The molecule has 0 fully saturated rings. The second-order valence-electron chi connectivity index (χ2n) is 9.26. The molecule has 10 nitrogen and oxygen atoms in total. The zero-order valence-electron chi connectivity index (χ0n) is 23.9. The lowest BCUT2D eigenvalue weighted by atomic mass is 9.86. The van der Waals surface area contributed by atoms with Crippen molar-refractivity contribution in [3.8, 4) is 23.0 Å². The summed E-state index contributed by atoms with van der Waals surface area (Å²) in [6.45, 7) is 6.06. The van der Waals surface area contributed by atoms with E-state index in [0.717, 1.165) is 67.0 Å². The summed E-state index contributed by atoms with van der Waals surface area (Å²) >= 11 is 0. The number of aliphatic carboxylic acids is 2. The number of rotatable bonds is 14. The fourth-order valence-electron chi connectivity index (χ4n) is 4.15. The monoisotopic (exact) mass is 547 g/mol. The molecule has 0 spiro atoms. The number of aldehydes is 1. The molecule has 10 heteroatoms. The highest BCUT2D eigenvalue weighted by Gasteiger charge is 2.22. The smallest absolute Gasteiger partial charge is 0.414 e. The first-order chi connectivity index (χ1) is 18.5. The molecule has 0 saturated heterocycles. The normalized spacial score (nSPS) is 11.3. The third-order valence-corrected chi connectivity index (χ3v) is 6.18. The second-order valence-corrected chi connectivity index (χ2v) is 9.26. The Labute approximate surface area is 230 Å². The molecule has 1 unspecified atom stereocenters. The number of carbonyl (C=O) groups is 3. The Morgan fingerprint density at radius 2 is 1.38 bits per heavy atom. The van der Waals surface area contributed by atoms with Gasteiger partial charge in [-0.15, -0.1) is 0 Å². The van der Waals surface area contributed by atoms with E-state index in [1.54, 1.807) is 28.4 Å². The number of carbonyl (C=O) groups excluding carboxylic acids is 1. The van der Waals surface area contributed by atoms with Crippen LogP contribution in [0.15, 0.2) is 30.3 Å². The van der Waals surface area contributed by atoms with Crippen molar-refractivity contribution in [3.05, 3.63) is 47.0 Å². The molecule has 2 rings (SSSR count). The van der Waals surface area contributed by atoms with Crippen LogP contribution in [0.2, 0.25) is 0 Å². The Kier molecular flexibility index (Phi) is 14.4. The van der Waals surface area contributed by atoms with Crippen LogP contribution in [0.1, 0.15) is 55.2 Å². The van der Waals surface area contributed by atoms with Crippen LogP contribution in [0, 0.1) is 0 Å². The quantitative estimate of drug-likeness (QED) is 0.261. The van der Waals surface area contributed by atoms with E-state index in [0.29, 0.717) is 5.75 Å². The van der Waals surface area contributed by atoms with Gasteiger partial charge in [-0.05, 0) is 68.1 Å². The lowest BCUT2D eigenvalue weighted by Crippen LogP contribution is -2.23. The van der Waals surface area contributed by atoms with Crippen molar-refractivity contribution in [1.29, 1.82) is 0 Å². The van der Waals surface area contributed by atoms with Crippen LogP contribution in [-0.2, 0) is 20.8 Å². The van der Waals surface area contributed by atoms with Crippen molar-refractivity contribution in [2.24, 2.45) is 0 Å². The van der Waals surface area contributed by atoms with Crippen LogP contribution in [0.3, 0.4) is 0 Å². The van der Waals surface area contributed by atoms with Crippen LogP contribution >= 0.6 is 0 Å². The van der Waals surface area contributed by atoms with Gasteiger partial charge < -0.3 is 38.9 Å². The van der Waals surface area contributed by atoms with E-state index in [4.69, 9.17) is 38.7 Å². The van der Waals surface area contributed by atoms with Gasteiger partial charge in [-0.3, -0.25) is 0 Å². The number of methoxy groups -OCH3 is 4. The van der Waals surface area contributed by atoms with Gasteiger partial charge in [-0.1, -0.05) is 13.8 Å². The number of likely N-dealkylation sites (N-methyl/N-ethyl adjacent to an activating group) is 1. The average Bonchev–Trinajstić information content (AvgIpc) is 2.93. The first-order valence-electron chi connectivity index (χ1n) is 12.6. The van der Waals surface area contributed by atoms with Crippen molar-refractivity contribution < 1.29 is 43.5 Å². The summed E-state index contributed by atoms with van der Waals surface area (Å²) in [7, 11) is 8.73. The van der Waals surface area contributed by atoms with E-state index in [2.05, 4.69) is 25.8 Å². The van der Waals surface area contributed by atoms with Gasteiger partial charge in [0.1, 0.15) is 29.3 Å². The standard InChI is InChI=1S/C27H39NO5.C2H2O4/c1-19(2)27-25(16-24(32-6)17-26(27)33-7)21(18-29)9-8-11-28(3)12-10-20-13-22(30-4)15-23(14-20)31-5;3-1(4)2(5)6/h13-19,21H,8-12H2,1-7H3;(H,3,4)(H,5,6).